The van der Waals surface area contributed by atoms with Crippen molar-refractivity contribution in [1.82, 2.24) is 0 Å². The van der Waals surface area contributed by atoms with Crippen molar-refractivity contribution in [2.45, 2.75) is 26.7 Å². The average Bonchev–Trinajstić information content (AvgIpc) is 3.26. The quantitative estimate of drug-likeness (QED) is 0.141. The Labute approximate surface area is 229 Å². The van der Waals surface area contributed by atoms with E-state index in [0.29, 0.717) is 12.3 Å². The van der Waals surface area contributed by atoms with Gasteiger partial charge in [0.2, 0.25) is 0 Å². The second-order valence-corrected chi connectivity index (χ2v) is 10.0. The average molecular weight is 514 g/mol. The van der Waals surface area contributed by atoms with E-state index < -0.39 is 0 Å². The summed E-state index contributed by atoms with van der Waals surface area (Å²) in [5.41, 5.74) is 13.6. The first kappa shape index (κ1) is 26.6. The monoisotopic (exact) mass is 513 g/mol. The zero-order chi connectivity index (χ0) is 27.1. The number of amidine groups is 2. The zero-order valence-corrected chi connectivity index (χ0v) is 22.7. The van der Waals surface area contributed by atoms with E-state index in [4.69, 9.17) is 11.1 Å². The molecule has 0 saturated carbocycles. The Kier molecular flexibility index (Phi) is 8.53. The number of hydrogen-bond acceptors (Lipinski definition) is 2. The molecule has 1 aliphatic rings. The molecule has 38 heavy (non-hydrogen) atoms. The van der Waals surface area contributed by atoms with Gasteiger partial charge < -0.3 is 5.73 Å². The molecule has 4 rings (SSSR count). The summed E-state index contributed by atoms with van der Waals surface area (Å²) < 4.78 is 1.17. The van der Waals surface area contributed by atoms with E-state index in [0.717, 1.165) is 55.7 Å². The first-order valence-electron chi connectivity index (χ1n) is 12.4. The topological polar surface area (TPSA) is 62.2 Å². The van der Waals surface area contributed by atoms with Crippen LogP contribution in [0.5, 0.6) is 0 Å². The van der Waals surface area contributed by atoms with Crippen LogP contribution >= 0.6 is 11.3 Å². The molecule has 0 aliphatic heterocycles. The summed E-state index contributed by atoms with van der Waals surface area (Å²) in [6.07, 6.45) is 15.0. The number of rotatable bonds is 7. The summed E-state index contributed by atoms with van der Waals surface area (Å²) in [5.74, 6) is 6.60. The third-order valence-corrected chi connectivity index (χ3v) is 7.57. The van der Waals surface area contributed by atoms with E-state index in [1.807, 2.05) is 54.7 Å². The van der Waals surface area contributed by atoms with Crippen LogP contribution in [0.25, 0.3) is 33.4 Å². The van der Waals surface area contributed by atoms with Crippen molar-refractivity contribution in [3.8, 4) is 23.0 Å². The molecule has 0 fully saturated rings. The van der Waals surface area contributed by atoms with Gasteiger partial charge in [-0.25, -0.2) is 4.99 Å². The Balaban J connectivity index is 1.87. The number of thiophene rings is 1. The molecular formula is C34H31N3S. The van der Waals surface area contributed by atoms with Gasteiger partial charge in [0.1, 0.15) is 5.84 Å². The molecule has 3 nitrogen and oxygen atoms in total. The Morgan fingerprint density at radius 3 is 2.63 bits per heavy atom. The van der Waals surface area contributed by atoms with Crippen LogP contribution in [-0.4, -0.2) is 11.7 Å². The van der Waals surface area contributed by atoms with Gasteiger partial charge in [0.25, 0.3) is 0 Å². The minimum Gasteiger partial charge on any atom is -0.383 e. The van der Waals surface area contributed by atoms with E-state index in [-0.39, 0.29) is 5.84 Å². The van der Waals surface area contributed by atoms with Crippen LogP contribution < -0.4 is 5.73 Å². The van der Waals surface area contributed by atoms with Crippen LogP contribution in [-0.2, 0) is 0 Å². The van der Waals surface area contributed by atoms with Crippen LogP contribution in [0.4, 0.5) is 0 Å². The molecule has 0 unspecified atom stereocenters. The fourth-order valence-corrected chi connectivity index (χ4v) is 5.36. The SMILES string of the molecule is C=C/C=C(C)/C(C)=C/c1c(C=C)sc2cccc(-c3ccccc3C(N)=NC(=N)/C3=C/C=C\CC#CC3)c12. The molecule has 188 valence electrons. The lowest BCUT2D eigenvalue weighted by atomic mass is 9.93. The van der Waals surface area contributed by atoms with Crippen molar-refractivity contribution in [1.29, 1.82) is 5.41 Å². The van der Waals surface area contributed by atoms with E-state index in [1.165, 1.54) is 4.70 Å². The van der Waals surface area contributed by atoms with Gasteiger partial charge in [-0.1, -0.05) is 97.9 Å². The molecule has 2 aromatic carbocycles. The normalized spacial score (nSPS) is 16.5. The Bertz CT molecular complexity index is 1640. The first-order chi connectivity index (χ1) is 18.4. The summed E-state index contributed by atoms with van der Waals surface area (Å²) in [7, 11) is 0. The zero-order valence-electron chi connectivity index (χ0n) is 21.8. The third-order valence-electron chi connectivity index (χ3n) is 6.40. The maximum atomic E-state index is 8.58. The van der Waals surface area contributed by atoms with Gasteiger partial charge in [0, 0.05) is 44.5 Å². The number of allylic oxidation sites excluding steroid dienone is 7. The number of nitrogens with zero attached hydrogens (tertiary/aromatic N) is 1. The highest BCUT2D eigenvalue weighted by atomic mass is 32.1. The Morgan fingerprint density at radius 2 is 1.84 bits per heavy atom. The highest BCUT2D eigenvalue weighted by Gasteiger charge is 2.17. The minimum atomic E-state index is 0.129. The Hall–Kier alpha value is -4.46. The predicted octanol–water partition coefficient (Wildman–Crippen LogP) is 8.71. The number of aliphatic imine (C=N–C) groups is 1. The standard InChI is InChI=1S/C34H31N3S/c1-5-15-23(3)24(4)22-29-30(6-2)38-31-21-14-20-27(32(29)31)26-18-12-13-19-28(26)34(36)37-33(35)25-16-10-8-7-9-11-17-25/h5-6,8,10,12-16,18-22H,1-2,7,17H2,3-4H3,(H3,35,36,37)/b10-8-,23-15+,24-22+,25-16+. The maximum absolute atomic E-state index is 8.58. The molecular weight excluding hydrogens is 482 g/mol. The fourth-order valence-electron chi connectivity index (χ4n) is 4.31. The minimum absolute atomic E-state index is 0.129. The molecule has 0 spiro atoms. The van der Waals surface area contributed by atoms with Crippen molar-refractivity contribution in [3.05, 3.63) is 119 Å². The van der Waals surface area contributed by atoms with E-state index in [9.17, 15) is 0 Å². The van der Waals surface area contributed by atoms with Crippen LogP contribution in [0, 0.1) is 17.3 Å². The molecule has 0 saturated heterocycles. The summed E-state index contributed by atoms with van der Waals surface area (Å²) in [5, 5.41) is 9.73. The smallest absolute Gasteiger partial charge is 0.151 e. The van der Waals surface area contributed by atoms with E-state index >= 15 is 0 Å². The van der Waals surface area contributed by atoms with Crippen molar-refractivity contribution in [3.63, 3.8) is 0 Å². The summed E-state index contributed by atoms with van der Waals surface area (Å²) in [6.45, 7) is 12.1. The third kappa shape index (κ3) is 5.75. The number of nitrogens with one attached hydrogen (secondary N) is 1. The highest BCUT2D eigenvalue weighted by molar-refractivity contribution is 7.20. The van der Waals surface area contributed by atoms with Crippen molar-refractivity contribution < 1.29 is 0 Å². The predicted molar refractivity (Wildman–Crippen MR) is 168 cm³/mol. The van der Waals surface area contributed by atoms with Gasteiger partial charge in [0.05, 0.1) is 0 Å². The molecule has 1 aromatic heterocycles. The van der Waals surface area contributed by atoms with Gasteiger partial charge in [-0.15, -0.1) is 11.3 Å². The van der Waals surface area contributed by atoms with Gasteiger partial charge >= 0.3 is 0 Å². The highest BCUT2D eigenvalue weighted by Crippen LogP contribution is 2.41. The van der Waals surface area contributed by atoms with Crippen LogP contribution in [0.15, 0.2) is 108 Å². The Morgan fingerprint density at radius 1 is 1.05 bits per heavy atom. The second-order valence-electron chi connectivity index (χ2n) is 8.92. The number of benzene rings is 2. The molecule has 0 atom stereocenters. The van der Waals surface area contributed by atoms with Gasteiger partial charge in [0.15, 0.2) is 5.84 Å². The van der Waals surface area contributed by atoms with E-state index in [2.05, 4.69) is 74.2 Å². The summed E-state index contributed by atoms with van der Waals surface area (Å²) in [6, 6.07) is 14.3. The number of fused-ring (bicyclic) bond motifs is 1. The van der Waals surface area contributed by atoms with E-state index in [1.54, 1.807) is 11.3 Å². The lowest BCUT2D eigenvalue weighted by Crippen LogP contribution is -2.17. The first-order valence-corrected chi connectivity index (χ1v) is 13.3. The van der Waals surface area contributed by atoms with Crippen molar-refractivity contribution in [2.75, 3.05) is 0 Å². The lowest BCUT2D eigenvalue weighted by Gasteiger charge is -2.13. The molecule has 1 heterocycles. The largest absolute Gasteiger partial charge is 0.383 e. The molecule has 4 heteroatoms. The maximum Gasteiger partial charge on any atom is 0.151 e. The molecule has 3 aromatic rings. The molecule has 1 aliphatic carbocycles. The summed E-state index contributed by atoms with van der Waals surface area (Å²) >= 11 is 1.72. The van der Waals surface area contributed by atoms with Gasteiger partial charge in [-0.2, -0.15) is 0 Å². The lowest BCUT2D eigenvalue weighted by molar-refractivity contribution is 1.28. The van der Waals surface area contributed by atoms with Crippen LogP contribution in [0.1, 0.15) is 42.7 Å². The summed E-state index contributed by atoms with van der Waals surface area (Å²) in [4.78, 5) is 5.63. The van der Waals surface area contributed by atoms with Gasteiger partial charge in [-0.3, -0.25) is 5.41 Å². The van der Waals surface area contributed by atoms with Crippen LogP contribution in [0.3, 0.4) is 0 Å². The van der Waals surface area contributed by atoms with Gasteiger partial charge in [-0.05, 0) is 48.3 Å². The molecule has 3 N–H and O–H groups in total. The van der Waals surface area contributed by atoms with Crippen molar-refractivity contribution >= 4 is 45.2 Å². The number of nitrogens with two attached hydrogens (primary N) is 1. The molecule has 0 radical (unpaired) electrons. The van der Waals surface area contributed by atoms with Crippen molar-refractivity contribution in [2.24, 2.45) is 10.7 Å². The van der Waals surface area contributed by atoms with Crippen LogP contribution in [0.2, 0.25) is 0 Å². The molecule has 0 bridgehead atoms. The molecule has 0 amide bonds. The number of hydrogen-bond donors (Lipinski definition) is 2. The second kappa shape index (κ2) is 12.2. The fraction of sp³-hybridized carbons (Fsp3) is 0.118.